The molecule has 0 spiro atoms. The highest BCUT2D eigenvalue weighted by atomic mass is 79.9. The second-order valence-corrected chi connectivity index (χ2v) is 7.83. The first-order chi connectivity index (χ1) is 15.1. The number of nitrogens with zero attached hydrogens (tertiary/aromatic N) is 3. The van der Waals surface area contributed by atoms with Gasteiger partial charge < -0.3 is 5.32 Å². The molecule has 0 bridgehead atoms. The molecular weight excluding hydrogens is 489 g/mol. The molecule has 162 valence electrons. The molecule has 0 saturated heterocycles. The van der Waals surface area contributed by atoms with E-state index in [1.165, 1.54) is 19.1 Å². The molecule has 2 aromatic carbocycles. The van der Waals surface area contributed by atoms with Crippen molar-refractivity contribution >= 4 is 39.0 Å². The molecule has 0 fully saturated rings. The van der Waals surface area contributed by atoms with Crippen molar-refractivity contribution in [3.05, 3.63) is 82.1 Å². The molecule has 0 aliphatic heterocycles. The van der Waals surface area contributed by atoms with Crippen molar-refractivity contribution in [3.63, 3.8) is 0 Å². The number of ketones is 1. The minimum Gasteiger partial charge on any atom is -0.322 e. The van der Waals surface area contributed by atoms with Crippen LogP contribution in [0.2, 0.25) is 0 Å². The molecule has 0 saturated carbocycles. The molecular formula is C22H14BrF3N4O2. The van der Waals surface area contributed by atoms with Gasteiger partial charge in [0.05, 0.1) is 11.9 Å². The Hall–Kier alpha value is -3.53. The topological polar surface area (TPSA) is 76.4 Å². The van der Waals surface area contributed by atoms with Gasteiger partial charge in [0.1, 0.15) is 5.56 Å². The Bertz CT molecular complexity index is 1330. The molecule has 0 atom stereocenters. The third-order valence-corrected chi connectivity index (χ3v) is 5.22. The summed E-state index contributed by atoms with van der Waals surface area (Å²) in [4.78, 5) is 28.5. The summed E-state index contributed by atoms with van der Waals surface area (Å²) in [5, 5.41) is 6.35. The molecule has 10 heteroatoms. The number of aromatic nitrogens is 3. The molecule has 0 radical (unpaired) electrons. The molecule has 6 nitrogen and oxygen atoms in total. The van der Waals surface area contributed by atoms with Crippen molar-refractivity contribution in [3.8, 4) is 11.3 Å². The number of hydrogen-bond acceptors (Lipinski definition) is 4. The normalized spacial score (nSPS) is 11.5. The number of nitrogens with one attached hydrogen (secondary N) is 1. The Kier molecular flexibility index (Phi) is 5.55. The summed E-state index contributed by atoms with van der Waals surface area (Å²) in [6.45, 7) is 1.42. The van der Waals surface area contributed by atoms with Gasteiger partial charge in [0.2, 0.25) is 0 Å². The van der Waals surface area contributed by atoms with Gasteiger partial charge in [-0.15, -0.1) is 0 Å². The maximum atomic E-state index is 13.7. The molecule has 4 aromatic rings. The predicted octanol–water partition coefficient (Wildman–Crippen LogP) is 5.63. The summed E-state index contributed by atoms with van der Waals surface area (Å²) >= 11 is 3.29. The first kappa shape index (κ1) is 21.7. The van der Waals surface area contributed by atoms with E-state index in [2.05, 4.69) is 31.3 Å². The van der Waals surface area contributed by atoms with Crippen LogP contribution in [0, 0.1) is 0 Å². The van der Waals surface area contributed by atoms with Gasteiger partial charge in [-0.1, -0.05) is 28.1 Å². The van der Waals surface area contributed by atoms with Crippen LogP contribution < -0.4 is 5.32 Å². The molecule has 2 heterocycles. The maximum absolute atomic E-state index is 13.7. The Balaban J connectivity index is 1.78. The van der Waals surface area contributed by atoms with Crippen LogP contribution in [0.1, 0.15) is 33.3 Å². The molecule has 2 aromatic heterocycles. The number of Topliss-reactive ketones (excluding diaryl/α,β-unsaturated/α-hetero) is 1. The number of rotatable bonds is 4. The van der Waals surface area contributed by atoms with Gasteiger partial charge in [0.25, 0.3) is 5.91 Å². The van der Waals surface area contributed by atoms with E-state index in [0.717, 1.165) is 16.7 Å². The van der Waals surface area contributed by atoms with Crippen molar-refractivity contribution in [2.24, 2.45) is 0 Å². The number of carbonyl (C=O) groups is 2. The lowest BCUT2D eigenvalue weighted by atomic mass is 10.1. The summed E-state index contributed by atoms with van der Waals surface area (Å²) < 4.78 is 42.5. The van der Waals surface area contributed by atoms with Crippen LogP contribution in [0.3, 0.4) is 0 Å². The zero-order valence-corrected chi connectivity index (χ0v) is 18.0. The van der Waals surface area contributed by atoms with Crippen LogP contribution >= 0.6 is 15.9 Å². The maximum Gasteiger partial charge on any atom is 0.433 e. The van der Waals surface area contributed by atoms with E-state index in [9.17, 15) is 22.8 Å². The van der Waals surface area contributed by atoms with Gasteiger partial charge in [-0.25, -0.2) is 9.50 Å². The average molecular weight is 503 g/mol. The fourth-order valence-corrected chi connectivity index (χ4v) is 3.34. The fourth-order valence-electron chi connectivity index (χ4n) is 3.08. The molecule has 0 unspecified atom stereocenters. The highest BCUT2D eigenvalue weighted by Crippen LogP contribution is 2.33. The average Bonchev–Trinajstić information content (AvgIpc) is 3.17. The zero-order chi connectivity index (χ0) is 23.0. The smallest absolute Gasteiger partial charge is 0.322 e. The summed E-state index contributed by atoms with van der Waals surface area (Å²) in [6.07, 6.45) is -3.67. The first-order valence-electron chi connectivity index (χ1n) is 9.28. The highest BCUT2D eigenvalue weighted by molar-refractivity contribution is 9.10. The minimum atomic E-state index is -4.71. The highest BCUT2D eigenvalue weighted by Gasteiger charge is 2.36. The number of benzene rings is 2. The third-order valence-electron chi connectivity index (χ3n) is 4.70. The van der Waals surface area contributed by atoms with E-state index in [1.54, 1.807) is 36.4 Å². The van der Waals surface area contributed by atoms with E-state index in [1.807, 2.05) is 0 Å². The van der Waals surface area contributed by atoms with E-state index in [4.69, 9.17) is 0 Å². The summed E-state index contributed by atoms with van der Waals surface area (Å²) in [7, 11) is 0. The monoisotopic (exact) mass is 502 g/mol. The van der Waals surface area contributed by atoms with Gasteiger partial charge in [0, 0.05) is 21.3 Å². The van der Waals surface area contributed by atoms with E-state index in [-0.39, 0.29) is 22.7 Å². The number of hydrogen-bond donors (Lipinski definition) is 1. The summed E-state index contributed by atoms with van der Waals surface area (Å²) in [6, 6.07) is 13.6. The standard InChI is InChI=1S/C22H14BrF3N4O2/c1-12(31)13-4-8-16(9-5-13)28-21(32)17-11-27-30-19(22(24,25)26)10-18(29-20(17)30)14-2-6-15(23)7-3-14/h2-11H,1H3,(H,28,32). The second kappa shape index (κ2) is 8.19. The third kappa shape index (κ3) is 4.26. The van der Waals surface area contributed by atoms with Crippen molar-refractivity contribution < 1.29 is 22.8 Å². The van der Waals surface area contributed by atoms with Crippen LogP contribution in [0.4, 0.5) is 18.9 Å². The van der Waals surface area contributed by atoms with E-state index < -0.39 is 17.8 Å². The van der Waals surface area contributed by atoms with E-state index >= 15 is 0 Å². The molecule has 1 amide bonds. The van der Waals surface area contributed by atoms with Crippen molar-refractivity contribution in [1.82, 2.24) is 14.6 Å². The Labute approximate surface area is 188 Å². The quantitative estimate of drug-likeness (QED) is 0.366. The lowest BCUT2D eigenvalue weighted by molar-refractivity contribution is -0.142. The Morgan fingerprint density at radius 3 is 2.28 bits per heavy atom. The van der Waals surface area contributed by atoms with Crippen molar-refractivity contribution in [2.75, 3.05) is 5.32 Å². The van der Waals surface area contributed by atoms with Gasteiger partial charge in [-0.2, -0.15) is 18.3 Å². The van der Waals surface area contributed by atoms with Crippen LogP contribution in [0.15, 0.2) is 65.3 Å². The predicted molar refractivity (Wildman–Crippen MR) is 116 cm³/mol. The lowest BCUT2D eigenvalue weighted by Crippen LogP contribution is -2.16. The lowest BCUT2D eigenvalue weighted by Gasteiger charge is -2.12. The SMILES string of the molecule is CC(=O)c1ccc(NC(=O)c2cnn3c(C(F)(F)F)cc(-c4ccc(Br)cc4)nc23)cc1. The minimum absolute atomic E-state index is 0.0534. The number of halogens is 4. The fraction of sp³-hybridized carbons (Fsp3) is 0.0909. The Morgan fingerprint density at radius 1 is 1.03 bits per heavy atom. The van der Waals surface area contributed by atoms with Gasteiger partial charge in [-0.3, -0.25) is 9.59 Å². The molecule has 4 rings (SSSR count). The number of carbonyl (C=O) groups excluding carboxylic acids is 2. The summed E-state index contributed by atoms with van der Waals surface area (Å²) in [5.74, 6) is -0.806. The molecule has 0 aliphatic carbocycles. The molecule has 1 N–H and O–H groups in total. The zero-order valence-electron chi connectivity index (χ0n) is 16.4. The molecule has 0 aliphatic rings. The van der Waals surface area contributed by atoms with Gasteiger partial charge >= 0.3 is 6.18 Å². The van der Waals surface area contributed by atoms with Crippen LogP contribution in [-0.4, -0.2) is 26.3 Å². The van der Waals surface area contributed by atoms with Crippen molar-refractivity contribution in [1.29, 1.82) is 0 Å². The number of fused-ring (bicyclic) bond motifs is 1. The largest absolute Gasteiger partial charge is 0.433 e. The number of amides is 1. The van der Waals surface area contributed by atoms with Crippen LogP contribution in [0.25, 0.3) is 16.9 Å². The van der Waals surface area contributed by atoms with Gasteiger partial charge in [-0.05, 0) is 49.4 Å². The van der Waals surface area contributed by atoms with Gasteiger partial charge in [0.15, 0.2) is 17.1 Å². The number of anilines is 1. The second-order valence-electron chi connectivity index (χ2n) is 6.91. The summed E-state index contributed by atoms with van der Waals surface area (Å²) in [5.41, 5.74) is -0.0497. The molecule has 32 heavy (non-hydrogen) atoms. The number of alkyl halides is 3. The van der Waals surface area contributed by atoms with Crippen molar-refractivity contribution in [2.45, 2.75) is 13.1 Å². The van der Waals surface area contributed by atoms with Crippen LogP contribution in [-0.2, 0) is 6.18 Å². The Morgan fingerprint density at radius 2 is 1.69 bits per heavy atom. The first-order valence-corrected chi connectivity index (χ1v) is 10.1. The van der Waals surface area contributed by atoms with E-state index in [0.29, 0.717) is 21.3 Å². The van der Waals surface area contributed by atoms with Crippen LogP contribution in [0.5, 0.6) is 0 Å².